The standard InChI is InChI=1S/C52H60N10O6/c1-28(2)48(51(65)60-14-6-7-34(60)25-63)62-24-41(44(26-64)59-62)38-17-30(4)32(18-43(38)53-5)27-67-49-46(45-29(3)8-11-42-40(45)22-55-58-42)37(31-9-10-31)20-39-47(49)56-52(68-36-12-15-66-16-13-36)57-50(39)61-23-33-19-35(61)21-54-33/h8,11,17-18,20,22,24-26,28,31,33-36,48,53-54H,6-7,9-10,12-16,19,21,23,27H2,1-5H3,(H,55,58). The second kappa shape index (κ2) is 17.9. The Hall–Kier alpha value is -6.39. The number of ether oxygens (including phenoxy) is 3. The van der Waals surface area contributed by atoms with Gasteiger partial charge in [0.1, 0.15) is 42.1 Å². The number of aromatic nitrogens is 6. The van der Waals surface area contributed by atoms with Crippen molar-refractivity contribution in [1.29, 1.82) is 0 Å². The minimum atomic E-state index is -0.689. The van der Waals surface area contributed by atoms with Crippen molar-refractivity contribution in [3.05, 3.63) is 70.7 Å². The number of nitrogens with zero attached hydrogens (tertiary/aromatic N) is 7. The number of carbonyl (C=O) groups is 3. The quantitative estimate of drug-likeness (QED) is 0.0865. The Labute approximate surface area is 395 Å². The van der Waals surface area contributed by atoms with E-state index in [-0.39, 0.29) is 30.2 Å². The summed E-state index contributed by atoms with van der Waals surface area (Å²) in [4.78, 5) is 53.4. The molecule has 0 spiro atoms. The number of anilines is 2. The molecule has 5 aliphatic rings. The first-order valence-electron chi connectivity index (χ1n) is 24.4. The molecule has 4 saturated heterocycles. The first-order chi connectivity index (χ1) is 33.1. The number of carbonyl (C=O) groups excluding carboxylic acids is 3. The van der Waals surface area contributed by atoms with Gasteiger partial charge in [-0.1, -0.05) is 19.9 Å². The molecular weight excluding hydrogens is 861 g/mol. The van der Waals surface area contributed by atoms with E-state index in [0.29, 0.717) is 67.0 Å². The molecule has 11 rings (SSSR count). The van der Waals surface area contributed by atoms with Crippen LogP contribution < -0.4 is 25.0 Å². The van der Waals surface area contributed by atoms with E-state index in [0.717, 1.165) is 125 Å². The number of aldehydes is 2. The van der Waals surface area contributed by atoms with Crippen LogP contribution in [0.15, 0.2) is 42.7 Å². The van der Waals surface area contributed by atoms with Crippen molar-refractivity contribution in [3.8, 4) is 34.0 Å². The van der Waals surface area contributed by atoms with E-state index >= 15 is 0 Å². The van der Waals surface area contributed by atoms with Crippen LogP contribution in [0.3, 0.4) is 0 Å². The van der Waals surface area contributed by atoms with Gasteiger partial charge in [0.15, 0.2) is 12.0 Å². The number of hydrogen-bond acceptors (Lipinski definition) is 13. The highest BCUT2D eigenvalue weighted by molar-refractivity contribution is 6.06. The van der Waals surface area contributed by atoms with Gasteiger partial charge in [-0.3, -0.25) is 19.4 Å². The molecule has 1 amide bonds. The summed E-state index contributed by atoms with van der Waals surface area (Å²) in [5.74, 6) is 1.60. The van der Waals surface area contributed by atoms with Crippen molar-refractivity contribution in [2.75, 3.05) is 50.1 Å². The largest absolute Gasteiger partial charge is 0.486 e. The molecule has 4 aliphatic heterocycles. The van der Waals surface area contributed by atoms with E-state index in [4.69, 9.17) is 29.3 Å². The van der Waals surface area contributed by atoms with Gasteiger partial charge in [-0.05, 0) is 110 Å². The topological polar surface area (TPSA) is 182 Å². The van der Waals surface area contributed by atoms with Crippen molar-refractivity contribution in [2.24, 2.45) is 5.92 Å². The second-order valence-electron chi connectivity index (χ2n) is 19.8. The van der Waals surface area contributed by atoms with Crippen LogP contribution in [0.1, 0.15) is 103 Å². The molecule has 16 heteroatoms. The third-order valence-electron chi connectivity index (χ3n) is 15.0. The number of benzene rings is 3. The Balaban J connectivity index is 1.03. The minimum Gasteiger partial charge on any atom is -0.486 e. The van der Waals surface area contributed by atoms with E-state index in [1.165, 1.54) is 5.56 Å². The van der Waals surface area contributed by atoms with Crippen molar-refractivity contribution in [1.82, 2.24) is 40.2 Å². The van der Waals surface area contributed by atoms with Crippen LogP contribution in [-0.2, 0) is 20.9 Å². The second-order valence-corrected chi connectivity index (χ2v) is 19.8. The average Bonchev–Trinajstić information content (AvgIpc) is 3.88. The van der Waals surface area contributed by atoms with Crippen molar-refractivity contribution < 1.29 is 28.6 Å². The van der Waals surface area contributed by atoms with Crippen LogP contribution in [0.5, 0.6) is 11.8 Å². The molecule has 4 atom stereocenters. The predicted molar refractivity (Wildman–Crippen MR) is 260 cm³/mol. The fourth-order valence-electron chi connectivity index (χ4n) is 11.2. The summed E-state index contributed by atoms with van der Waals surface area (Å²) in [7, 11) is 1.86. The Kier molecular flexibility index (Phi) is 11.6. The van der Waals surface area contributed by atoms with Gasteiger partial charge in [0.05, 0.1) is 31.0 Å². The number of hydrogen-bond donors (Lipinski definition) is 3. The first-order valence-corrected chi connectivity index (χ1v) is 24.4. The number of likely N-dealkylation sites (tertiary alicyclic amines) is 1. The van der Waals surface area contributed by atoms with E-state index in [2.05, 4.69) is 63.0 Å². The molecule has 3 N–H and O–H groups in total. The molecule has 2 bridgehead atoms. The molecule has 7 heterocycles. The monoisotopic (exact) mass is 920 g/mol. The molecule has 1 aliphatic carbocycles. The Morgan fingerprint density at radius 1 is 1.00 bits per heavy atom. The number of rotatable bonds is 15. The number of fused-ring (bicyclic) bond motifs is 4. The number of aryl methyl sites for hydroxylation is 2. The van der Waals surface area contributed by atoms with Crippen LogP contribution in [0.2, 0.25) is 0 Å². The number of amides is 1. The predicted octanol–water partition coefficient (Wildman–Crippen LogP) is 7.46. The SMILES string of the molecule is CNc1cc(COc2c(-c3c(C)ccc4[nH]ncc34)c(C3CC3)cc3c(N4CC5CC4CN5)nc(OC4CCOCC4)nc23)c(C)cc1-c1cn(C(C(=O)N2CCCC2C=O)C(C)C)nc1C=O. The van der Waals surface area contributed by atoms with Crippen LogP contribution in [0.25, 0.3) is 44.1 Å². The molecule has 3 aromatic carbocycles. The highest BCUT2D eigenvalue weighted by atomic mass is 16.5. The zero-order chi connectivity index (χ0) is 46.8. The summed E-state index contributed by atoms with van der Waals surface area (Å²) in [6, 6.07) is 10.6. The molecule has 1 saturated carbocycles. The van der Waals surface area contributed by atoms with Crippen molar-refractivity contribution in [2.45, 2.75) is 115 Å². The fourth-order valence-corrected chi connectivity index (χ4v) is 11.2. The van der Waals surface area contributed by atoms with E-state index in [9.17, 15) is 14.4 Å². The Morgan fingerprint density at radius 3 is 2.56 bits per heavy atom. The first kappa shape index (κ1) is 44.1. The molecule has 0 radical (unpaired) electrons. The smallest absolute Gasteiger partial charge is 0.319 e. The van der Waals surface area contributed by atoms with E-state index in [1.54, 1.807) is 15.8 Å². The molecular formula is C52H60N10O6. The van der Waals surface area contributed by atoms with Gasteiger partial charge in [0, 0.05) is 91.0 Å². The van der Waals surface area contributed by atoms with Gasteiger partial charge in [-0.2, -0.15) is 20.2 Å². The van der Waals surface area contributed by atoms with Crippen LogP contribution in [-0.4, -0.2) is 117 Å². The lowest BCUT2D eigenvalue weighted by Gasteiger charge is -2.31. The van der Waals surface area contributed by atoms with Gasteiger partial charge in [0.25, 0.3) is 0 Å². The molecule has 4 unspecified atom stereocenters. The van der Waals surface area contributed by atoms with Crippen LogP contribution >= 0.6 is 0 Å². The van der Waals surface area contributed by atoms with Crippen LogP contribution in [0, 0.1) is 19.8 Å². The zero-order valence-corrected chi connectivity index (χ0v) is 39.5. The van der Waals surface area contributed by atoms with Gasteiger partial charge < -0.3 is 39.4 Å². The number of nitrogens with one attached hydrogen (secondary N) is 3. The molecule has 68 heavy (non-hydrogen) atoms. The molecule has 3 aromatic heterocycles. The third-order valence-corrected chi connectivity index (χ3v) is 15.0. The van der Waals surface area contributed by atoms with Gasteiger partial charge >= 0.3 is 6.01 Å². The molecule has 16 nitrogen and oxygen atoms in total. The maximum Gasteiger partial charge on any atom is 0.319 e. The highest BCUT2D eigenvalue weighted by Gasteiger charge is 2.41. The van der Waals surface area contributed by atoms with Gasteiger partial charge in [-0.15, -0.1) is 0 Å². The Bertz CT molecular complexity index is 2940. The molecule has 354 valence electrons. The molecule has 5 fully saturated rings. The molecule has 6 aromatic rings. The van der Waals surface area contributed by atoms with E-state index < -0.39 is 12.1 Å². The number of aromatic amines is 1. The maximum atomic E-state index is 14.0. The lowest BCUT2D eigenvalue weighted by molar-refractivity contribution is -0.139. The number of piperazine rings is 1. The van der Waals surface area contributed by atoms with E-state index in [1.807, 2.05) is 34.0 Å². The van der Waals surface area contributed by atoms with Gasteiger partial charge in [-0.25, -0.2) is 0 Å². The lowest BCUT2D eigenvalue weighted by atomic mass is 9.89. The summed E-state index contributed by atoms with van der Waals surface area (Å²) in [6.07, 6.45) is 11.4. The van der Waals surface area contributed by atoms with Crippen molar-refractivity contribution in [3.63, 3.8) is 0 Å². The fraction of sp³-hybridized carbons (Fsp3) is 0.481. The average molecular weight is 921 g/mol. The zero-order valence-electron chi connectivity index (χ0n) is 39.5. The third kappa shape index (κ3) is 7.84. The summed E-state index contributed by atoms with van der Waals surface area (Å²) in [5.41, 5.74) is 10.3. The highest BCUT2D eigenvalue weighted by Crippen LogP contribution is 2.53. The Morgan fingerprint density at radius 2 is 1.84 bits per heavy atom. The minimum absolute atomic E-state index is 0.0631. The van der Waals surface area contributed by atoms with Crippen molar-refractivity contribution >= 4 is 51.8 Å². The maximum absolute atomic E-state index is 14.0. The number of H-pyrrole nitrogens is 1. The normalized spacial score (nSPS) is 21.1. The summed E-state index contributed by atoms with van der Waals surface area (Å²) < 4.78 is 21.3. The summed E-state index contributed by atoms with van der Waals surface area (Å²) >= 11 is 0. The summed E-state index contributed by atoms with van der Waals surface area (Å²) in [6.45, 7) is 11.9. The van der Waals surface area contributed by atoms with Gasteiger partial charge in [0.2, 0.25) is 5.91 Å². The lowest BCUT2D eigenvalue weighted by Crippen LogP contribution is -2.44. The van der Waals surface area contributed by atoms with Crippen LogP contribution in [0.4, 0.5) is 11.5 Å². The summed E-state index contributed by atoms with van der Waals surface area (Å²) in [5, 5.41) is 21.4.